The van der Waals surface area contributed by atoms with Crippen LogP contribution in [0, 0.1) is 5.82 Å². The van der Waals surface area contributed by atoms with E-state index in [4.69, 9.17) is 5.73 Å². The zero-order chi connectivity index (χ0) is 16.6. The number of hydrogen-bond acceptors (Lipinski definition) is 4. The second-order valence-electron chi connectivity index (χ2n) is 5.67. The number of nitrogens with two attached hydrogens (primary N) is 1. The van der Waals surface area contributed by atoms with Crippen LogP contribution in [0.1, 0.15) is 24.5 Å². The molecule has 120 valence electrons. The van der Waals surface area contributed by atoms with Gasteiger partial charge in [-0.2, -0.15) is 0 Å². The Morgan fingerprint density at radius 3 is 2.87 bits per heavy atom. The van der Waals surface area contributed by atoms with E-state index in [1.54, 1.807) is 13.1 Å². The molecular formula is C17H19FN4O. The van der Waals surface area contributed by atoms with Crippen molar-refractivity contribution in [2.75, 3.05) is 6.54 Å². The Hall–Kier alpha value is -2.63. The van der Waals surface area contributed by atoms with E-state index < -0.39 is 5.82 Å². The number of fused-ring (bicyclic) bond motifs is 1. The summed E-state index contributed by atoms with van der Waals surface area (Å²) in [6.45, 7) is 3.45. The minimum Gasteiger partial charge on any atom is -0.397 e. The lowest BCUT2D eigenvalue weighted by atomic mass is 9.95. The lowest BCUT2D eigenvalue weighted by molar-refractivity contribution is 0.364. The quantitative estimate of drug-likeness (QED) is 0.942. The molecule has 23 heavy (non-hydrogen) atoms. The number of rotatable bonds is 3. The summed E-state index contributed by atoms with van der Waals surface area (Å²) in [5.74, 6) is -0.0819. The van der Waals surface area contributed by atoms with Crippen molar-refractivity contribution in [3.05, 3.63) is 57.9 Å². The summed E-state index contributed by atoms with van der Waals surface area (Å²) in [4.78, 5) is 18.2. The van der Waals surface area contributed by atoms with Gasteiger partial charge in [0, 0.05) is 44.2 Å². The van der Waals surface area contributed by atoms with E-state index in [1.807, 2.05) is 6.20 Å². The number of nitrogens with zero attached hydrogens (tertiary/aromatic N) is 3. The summed E-state index contributed by atoms with van der Waals surface area (Å²) in [7, 11) is 1.59. The van der Waals surface area contributed by atoms with Gasteiger partial charge in [-0.15, -0.1) is 0 Å². The van der Waals surface area contributed by atoms with Crippen LogP contribution in [0.15, 0.2) is 35.4 Å². The Kier molecular flexibility index (Phi) is 3.90. The van der Waals surface area contributed by atoms with Crippen molar-refractivity contribution in [1.82, 2.24) is 14.5 Å². The van der Waals surface area contributed by atoms with Crippen LogP contribution >= 0.6 is 0 Å². The second kappa shape index (κ2) is 5.87. The second-order valence-corrected chi connectivity index (χ2v) is 5.67. The molecule has 1 aromatic carbocycles. The van der Waals surface area contributed by atoms with Crippen molar-refractivity contribution in [2.45, 2.75) is 19.9 Å². The molecule has 3 rings (SSSR count). The van der Waals surface area contributed by atoms with E-state index >= 15 is 0 Å². The Labute approximate surface area is 133 Å². The van der Waals surface area contributed by atoms with E-state index in [-0.39, 0.29) is 5.56 Å². The van der Waals surface area contributed by atoms with Crippen molar-refractivity contribution in [1.29, 1.82) is 0 Å². The maximum Gasteiger partial charge on any atom is 0.253 e. The molecule has 0 aliphatic carbocycles. The molecule has 2 heterocycles. The van der Waals surface area contributed by atoms with Crippen molar-refractivity contribution in [2.24, 2.45) is 12.8 Å². The third kappa shape index (κ3) is 2.60. The van der Waals surface area contributed by atoms with Crippen LogP contribution in [0.2, 0.25) is 0 Å². The fourth-order valence-electron chi connectivity index (χ4n) is 2.95. The van der Waals surface area contributed by atoms with Crippen LogP contribution in [0.4, 0.5) is 4.39 Å². The Morgan fingerprint density at radius 1 is 1.35 bits per heavy atom. The van der Waals surface area contributed by atoms with Crippen molar-refractivity contribution in [3.8, 4) is 11.4 Å². The van der Waals surface area contributed by atoms with Crippen LogP contribution in [-0.2, 0) is 13.6 Å². The molecule has 2 N–H and O–H groups in total. The van der Waals surface area contributed by atoms with Crippen LogP contribution in [0.5, 0.6) is 0 Å². The number of halogens is 1. The summed E-state index contributed by atoms with van der Waals surface area (Å²) in [5, 5.41) is 0. The highest BCUT2D eigenvalue weighted by Crippen LogP contribution is 2.33. The van der Waals surface area contributed by atoms with E-state index in [2.05, 4.69) is 16.8 Å². The summed E-state index contributed by atoms with van der Waals surface area (Å²) in [5.41, 5.74) is 8.43. The first-order valence-electron chi connectivity index (χ1n) is 7.58. The van der Waals surface area contributed by atoms with E-state index in [9.17, 15) is 9.18 Å². The summed E-state index contributed by atoms with van der Waals surface area (Å²) in [6.07, 6.45) is 4.26. The molecule has 0 radical (unpaired) electrons. The minimum atomic E-state index is -0.399. The normalized spacial score (nSPS) is 13.7. The molecular weight excluding hydrogens is 295 g/mol. The molecule has 1 aliphatic rings. The fourth-order valence-corrected chi connectivity index (χ4v) is 2.95. The summed E-state index contributed by atoms with van der Waals surface area (Å²) < 4.78 is 15.9. The van der Waals surface area contributed by atoms with Crippen molar-refractivity contribution < 1.29 is 4.39 Å². The molecule has 5 nitrogen and oxygen atoms in total. The van der Waals surface area contributed by atoms with Gasteiger partial charge in [-0.3, -0.25) is 9.36 Å². The first-order chi connectivity index (χ1) is 11.0. The van der Waals surface area contributed by atoms with Crippen molar-refractivity contribution >= 4 is 5.70 Å². The minimum absolute atomic E-state index is 0.225. The first kappa shape index (κ1) is 15.3. The smallest absolute Gasteiger partial charge is 0.253 e. The predicted molar refractivity (Wildman–Crippen MR) is 87.7 cm³/mol. The molecule has 0 fully saturated rings. The Balaban J connectivity index is 2.24. The molecule has 1 aromatic heterocycles. The standard InChI is InChI=1S/C17H19FN4O/c1-3-8-22-9-12-11(14(19)10-22)4-5-13(18)16(12)17-20-7-6-15(23)21(17)2/h4-7,10H,3,8-9,19H2,1-2H3. The third-order valence-electron chi connectivity index (χ3n) is 4.05. The summed E-state index contributed by atoms with van der Waals surface area (Å²) >= 11 is 0. The van der Waals surface area contributed by atoms with Gasteiger partial charge in [0.05, 0.1) is 11.3 Å². The van der Waals surface area contributed by atoms with E-state index in [1.165, 1.54) is 22.9 Å². The molecule has 2 aromatic rings. The van der Waals surface area contributed by atoms with Gasteiger partial charge < -0.3 is 10.6 Å². The van der Waals surface area contributed by atoms with Crippen LogP contribution < -0.4 is 11.3 Å². The molecule has 0 unspecified atom stereocenters. The fraction of sp³-hybridized carbons (Fsp3) is 0.294. The maximum atomic E-state index is 14.6. The molecule has 0 bridgehead atoms. The SMILES string of the molecule is CCCN1C=C(N)c2ccc(F)c(-c3nccc(=O)n3C)c2C1. The predicted octanol–water partition coefficient (Wildman–Crippen LogP) is 2.07. The number of benzene rings is 1. The Morgan fingerprint density at radius 2 is 2.13 bits per heavy atom. The van der Waals surface area contributed by atoms with Gasteiger partial charge in [-0.1, -0.05) is 6.92 Å². The monoisotopic (exact) mass is 314 g/mol. The largest absolute Gasteiger partial charge is 0.397 e. The summed E-state index contributed by atoms with van der Waals surface area (Å²) in [6, 6.07) is 4.42. The van der Waals surface area contributed by atoms with Gasteiger partial charge in [0.25, 0.3) is 5.56 Å². The van der Waals surface area contributed by atoms with Gasteiger partial charge in [0.2, 0.25) is 0 Å². The lowest BCUT2D eigenvalue weighted by Gasteiger charge is -2.29. The first-order valence-corrected chi connectivity index (χ1v) is 7.58. The molecule has 0 atom stereocenters. The van der Waals surface area contributed by atoms with Gasteiger partial charge in [-0.05, 0) is 24.1 Å². The molecule has 1 aliphatic heterocycles. The molecule has 0 spiro atoms. The van der Waals surface area contributed by atoms with Crippen LogP contribution in [-0.4, -0.2) is 21.0 Å². The molecule has 0 amide bonds. The maximum absolute atomic E-state index is 14.6. The van der Waals surface area contributed by atoms with Gasteiger partial charge in [0.15, 0.2) is 0 Å². The average molecular weight is 314 g/mol. The van der Waals surface area contributed by atoms with Gasteiger partial charge in [-0.25, -0.2) is 9.37 Å². The number of hydrogen-bond donors (Lipinski definition) is 1. The van der Waals surface area contributed by atoms with Crippen molar-refractivity contribution in [3.63, 3.8) is 0 Å². The van der Waals surface area contributed by atoms with E-state index in [0.717, 1.165) is 24.1 Å². The van der Waals surface area contributed by atoms with Gasteiger partial charge >= 0.3 is 0 Å². The molecule has 0 saturated carbocycles. The average Bonchev–Trinajstić information content (AvgIpc) is 2.51. The zero-order valence-corrected chi connectivity index (χ0v) is 13.2. The molecule has 6 heteroatoms. The highest BCUT2D eigenvalue weighted by molar-refractivity contribution is 5.75. The lowest BCUT2D eigenvalue weighted by Crippen LogP contribution is -2.26. The van der Waals surface area contributed by atoms with Crippen LogP contribution in [0.3, 0.4) is 0 Å². The van der Waals surface area contributed by atoms with Crippen LogP contribution in [0.25, 0.3) is 17.1 Å². The molecule has 0 saturated heterocycles. The number of aromatic nitrogens is 2. The zero-order valence-electron chi connectivity index (χ0n) is 13.2. The van der Waals surface area contributed by atoms with E-state index in [0.29, 0.717) is 23.6 Å². The Bertz CT molecular complexity index is 841. The highest BCUT2D eigenvalue weighted by atomic mass is 19.1. The highest BCUT2D eigenvalue weighted by Gasteiger charge is 2.23. The third-order valence-corrected chi connectivity index (χ3v) is 4.05. The van der Waals surface area contributed by atoms with Gasteiger partial charge in [0.1, 0.15) is 11.6 Å². The topological polar surface area (TPSA) is 64.2 Å².